The van der Waals surface area contributed by atoms with E-state index >= 15 is 0 Å². The van der Waals surface area contributed by atoms with Crippen molar-refractivity contribution in [3.8, 4) is 11.5 Å². The van der Waals surface area contributed by atoms with Crippen LogP contribution < -0.4 is 14.5 Å². The van der Waals surface area contributed by atoms with Crippen LogP contribution in [0.4, 0.5) is 18.9 Å². The Hall–Kier alpha value is -3.09. The van der Waals surface area contributed by atoms with Crippen LogP contribution in [0.3, 0.4) is 0 Å². The van der Waals surface area contributed by atoms with Crippen molar-refractivity contribution in [1.29, 1.82) is 0 Å². The van der Waals surface area contributed by atoms with Gasteiger partial charge < -0.3 is 14.6 Å². The number of halogens is 4. The van der Waals surface area contributed by atoms with E-state index < -0.39 is 35.9 Å². The number of rotatable bonds is 6. The zero-order chi connectivity index (χ0) is 22.8. The van der Waals surface area contributed by atoms with Crippen molar-refractivity contribution in [3.05, 3.63) is 57.2 Å². The number of methoxy groups -OCH3 is 1. The quantitative estimate of drug-likeness (QED) is 0.436. The zero-order valence-electron chi connectivity index (χ0n) is 15.8. The predicted molar refractivity (Wildman–Crippen MR) is 114 cm³/mol. The molecule has 1 heterocycles. The van der Waals surface area contributed by atoms with Crippen molar-refractivity contribution in [2.75, 3.05) is 18.7 Å². The van der Waals surface area contributed by atoms with E-state index in [2.05, 4.69) is 5.10 Å². The van der Waals surface area contributed by atoms with Crippen LogP contribution in [0.2, 0.25) is 0 Å². The molecule has 11 heteroatoms. The Kier molecular flexibility index (Phi) is 6.53. The number of anilines is 1. The summed E-state index contributed by atoms with van der Waals surface area (Å²) in [7, 11) is 1.30. The summed E-state index contributed by atoms with van der Waals surface area (Å²) in [6.07, 6.45) is -3.80. The molecule has 1 aliphatic rings. The number of ether oxygens (including phenoxy) is 2. The third kappa shape index (κ3) is 4.98. The van der Waals surface area contributed by atoms with Crippen molar-refractivity contribution < 1.29 is 37.3 Å². The fourth-order valence-electron chi connectivity index (χ4n) is 2.76. The van der Waals surface area contributed by atoms with Crippen molar-refractivity contribution >= 4 is 51.9 Å². The van der Waals surface area contributed by atoms with E-state index in [0.717, 1.165) is 6.08 Å². The Morgan fingerprint density at radius 3 is 2.52 bits per heavy atom. The van der Waals surface area contributed by atoms with Gasteiger partial charge in [0.25, 0.3) is 5.91 Å². The van der Waals surface area contributed by atoms with Crippen LogP contribution in [0.5, 0.6) is 11.5 Å². The standard InChI is InChI=1S/C20H14F3IN2O5/c1-30-15-9-11(8-14(24)17(15)31-10-16(27)28)7-13-18(20(21,22)23)25-26(19(13)29)12-5-3-2-4-6-12/h2-9H,10H2,1H3,(H,27,28)/b13-7-. The number of alkyl halides is 3. The van der Waals surface area contributed by atoms with Crippen LogP contribution in [0.1, 0.15) is 5.56 Å². The van der Waals surface area contributed by atoms with Gasteiger partial charge in [0.2, 0.25) is 0 Å². The van der Waals surface area contributed by atoms with E-state index in [0.29, 0.717) is 8.58 Å². The topological polar surface area (TPSA) is 88.4 Å². The normalized spacial score (nSPS) is 15.3. The average molecular weight is 546 g/mol. The molecule has 162 valence electrons. The van der Waals surface area contributed by atoms with Gasteiger partial charge in [-0.15, -0.1) is 0 Å². The first kappa shape index (κ1) is 22.6. The number of carboxylic acid groups (broad SMARTS) is 1. The van der Waals surface area contributed by atoms with Gasteiger partial charge in [-0.1, -0.05) is 18.2 Å². The van der Waals surface area contributed by atoms with Crippen molar-refractivity contribution in [1.82, 2.24) is 0 Å². The largest absolute Gasteiger partial charge is 0.493 e. The highest BCUT2D eigenvalue weighted by molar-refractivity contribution is 14.1. The molecular formula is C20H14F3IN2O5. The maximum atomic E-state index is 13.6. The number of hydrazone groups is 1. The minimum Gasteiger partial charge on any atom is -0.493 e. The zero-order valence-corrected chi connectivity index (χ0v) is 18.0. The summed E-state index contributed by atoms with van der Waals surface area (Å²) in [5.41, 5.74) is -1.53. The molecule has 1 amide bonds. The lowest BCUT2D eigenvalue weighted by atomic mass is 10.1. The molecule has 31 heavy (non-hydrogen) atoms. The smallest absolute Gasteiger partial charge is 0.435 e. The summed E-state index contributed by atoms with van der Waals surface area (Å²) >= 11 is 1.83. The van der Waals surface area contributed by atoms with Gasteiger partial charge in [-0.2, -0.15) is 23.3 Å². The van der Waals surface area contributed by atoms with Gasteiger partial charge in [0.1, 0.15) is 0 Å². The summed E-state index contributed by atoms with van der Waals surface area (Å²) in [5, 5.41) is 13.0. The molecule has 0 radical (unpaired) electrons. The number of amides is 1. The fourth-order valence-corrected chi connectivity index (χ4v) is 3.54. The first-order valence-corrected chi connectivity index (χ1v) is 9.69. The fraction of sp³-hybridized carbons (Fsp3) is 0.150. The maximum Gasteiger partial charge on any atom is 0.435 e. The van der Waals surface area contributed by atoms with Gasteiger partial charge in [-0.3, -0.25) is 4.79 Å². The molecule has 0 saturated heterocycles. The molecule has 0 saturated carbocycles. The maximum absolute atomic E-state index is 13.6. The third-order valence-corrected chi connectivity index (χ3v) is 4.85. The second-order valence-electron chi connectivity index (χ2n) is 6.17. The highest BCUT2D eigenvalue weighted by Gasteiger charge is 2.46. The number of aliphatic carboxylic acids is 1. The van der Waals surface area contributed by atoms with Crippen LogP contribution >= 0.6 is 22.6 Å². The molecule has 1 aliphatic heterocycles. The minimum absolute atomic E-state index is 0.107. The van der Waals surface area contributed by atoms with E-state index in [1.54, 1.807) is 18.2 Å². The average Bonchev–Trinajstić information content (AvgIpc) is 3.04. The molecule has 3 rings (SSSR count). The molecule has 2 aromatic rings. The van der Waals surface area contributed by atoms with E-state index in [1.165, 1.54) is 31.4 Å². The van der Waals surface area contributed by atoms with E-state index in [4.69, 9.17) is 14.6 Å². The lowest BCUT2D eigenvalue weighted by molar-refractivity contribution is -0.139. The number of hydrogen-bond donors (Lipinski definition) is 1. The van der Waals surface area contributed by atoms with Crippen LogP contribution in [0.15, 0.2) is 53.1 Å². The van der Waals surface area contributed by atoms with Gasteiger partial charge in [0.05, 0.1) is 21.9 Å². The molecule has 7 nitrogen and oxygen atoms in total. The van der Waals surface area contributed by atoms with Gasteiger partial charge in [-0.05, 0) is 58.5 Å². The predicted octanol–water partition coefficient (Wildman–Crippen LogP) is 4.11. The number of hydrogen-bond acceptors (Lipinski definition) is 5. The van der Waals surface area contributed by atoms with E-state index in [1.807, 2.05) is 22.6 Å². The number of carbonyl (C=O) groups is 2. The highest BCUT2D eigenvalue weighted by atomic mass is 127. The van der Waals surface area contributed by atoms with Crippen LogP contribution in [-0.4, -0.2) is 42.6 Å². The van der Waals surface area contributed by atoms with Crippen LogP contribution in [0.25, 0.3) is 6.08 Å². The third-order valence-electron chi connectivity index (χ3n) is 4.05. The summed E-state index contributed by atoms with van der Waals surface area (Å²) in [6, 6.07) is 10.6. The molecule has 0 unspecified atom stereocenters. The van der Waals surface area contributed by atoms with Crippen LogP contribution in [-0.2, 0) is 9.59 Å². The molecule has 1 N–H and O–H groups in total. The highest BCUT2D eigenvalue weighted by Crippen LogP contribution is 2.37. The molecule has 0 aromatic heterocycles. The summed E-state index contributed by atoms with van der Waals surface area (Å²) in [4.78, 5) is 23.5. The number of para-hydroxylation sites is 1. The molecule has 0 atom stereocenters. The van der Waals surface area contributed by atoms with E-state index in [9.17, 15) is 22.8 Å². The SMILES string of the molecule is COc1cc(/C=C2\C(=O)N(c3ccccc3)N=C2C(F)(F)F)cc(I)c1OCC(=O)O. The summed E-state index contributed by atoms with van der Waals surface area (Å²) < 4.78 is 51.5. The monoisotopic (exact) mass is 546 g/mol. The first-order chi connectivity index (χ1) is 14.6. The Morgan fingerprint density at radius 2 is 1.94 bits per heavy atom. The van der Waals surface area contributed by atoms with Crippen molar-refractivity contribution in [3.63, 3.8) is 0 Å². The molecule has 0 spiro atoms. The van der Waals surface area contributed by atoms with Gasteiger partial charge in [0.15, 0.2) is 23.8 Å². The van der Waals surface area contributed by atoms with Crippen molar-refractivity contribution in [2.45, 2.75) is 6.18 Å². The lowest BCUT2D eigenvalue weighted by Gasteiger charge is -2.13. The first-order valence-electron chi connectivity index (χ1n) is 8.61. The second-order valence-corrected chi connectivity index (χ2v) is 7.34. The van der Waals surface area contributed by atoms with E-state index in [-0.39, 0.29) is 22.7 Å². The number of carboxylic acids is 1. The second kappa shape index (κ2) is 8.96. The molecular weight excluding hydrogens is 532 g/mol. The molecule has 0 fully saturated rings. The Morgan fingerprint density at radius 1 is 1.26 bits per heavy atom. The van der Waals surface area contributed by atoms with Gasteiger partial charge >= 0.3 is 12.1 Å². The van der Waals surface area contributed by atoms with Gasteiger partial charge in [-0.25, -0.2) is 4.79 Å². The van der Waals surface area contributed by atoms with Crippen molar-refractivity contribution in [2.24, 2.45) is 5.10 Å². The lowest BCUT2D eigenvalue weighted by Crippen LogP contribution is -2.25. The minimum atomic E-state index is -4.85. The number of benzene rings is 2. The number of nitrogens with zero attached hydrogens (tertiary/aromatic N) is 2. The van der Waals surface area contributed by atoms with Gasteiger partial charge in [0, 0.05) is 0 Å². The Balaban J connectivity index is 2.05. The van der Waals surface area contributed by atoms with Crippen LogP contribution in [0, 0.1) is 3.57 Å². The summed E-state index contributed by atoms with van der Waals surface area (Å²) in [6.45, 7) is -0.623. The number of carbonyl (C=O) groups excluding carboxylic acids is 1. The summed E-state index contributed by atoms with van der Waals surface area (Å²) in [5.74, 6) is -1.90. The molecule has 0 aliphatic carbocycles. The molecule has 2 aromatic carbocycles. The Labute approximate surface area is 187 Å². The molecule has 0 bridgehead atoms. The Bertz CT molecular complexity index is 1080.